The molecular weight excluding hydrogens is 226 g/mol. The van der Waals surface area contributed by atoms with Crippen LogP contribution in [0.15, 0.2) is 18.5 Å². The molecule has 16 heavy (non-hydrogen) atoms. The number of pyridine rings is 1. The fourth-order valence-electron chi connectivity index (χ4n) is 1.36. The fourth-order valence-corrected chi connectivity index (χ4v) is 1.58. The molecule has 84 valence electrons. The first-order valence-electron chi connectivity index (χ1n) is 4.86. The van der Waals surface area contributed by atoms with E-state index in [2.05, 4.69) is 20.6 Å². The number of nitrogens with zero attached hydrogens (tertiary/aromatic N) is 4. The number of aromatic nitrogens is 4. The number of anilines is 1. The lowest BCUT2D eigenvalue weighted by Gasteiger charge is -2.08. The largest absolute Gasteiger partial charge is 0.378 e. The van der Waals surface area contributed by atoms with Crippen LogP contribution in [0.4, 0.5) is 5.69 Å². The van der Waals surface area contributed by atoms with Crippen LogP contribution in [-0.2, 0) is 13.6 Å². The highest BCUT2D eigenvalue weighted by molar-refractivity contribution is 6.29. The summed E-state index contributed by atoms with van der Waals surface area (Å²) < 4.78 is 1.73. The van der Waals surface area contributed by atoms with Crippen LogP contribution in [0.2, 0.25) is 5.15 Å². The monoisotopic (exact) mass is 237 g/mol. The van der Waals surface area contributed by atoms with Crippen LogP contribution in [0.1, 0.15) is 11.3 Å². The van der Waals surface area contributed by atoms with Gasteiger partial charge in [-0.05, 0) is 18.6 Å². The van der Waals surface area contributed by atoms with E-state index in [1.165, 1.54) is 0 Å². The molecular formula is C10H12ClN5. The Bertz CT molecular complexity index is 494. The summed E-state index contributed by atoms with van der Waals surface area (Å²) in [4.78, 5) is 4.03. The van der Waals surface area contributed by atoms with Gasteiger partial charge < -0.3 is 5.32 Å². The van der Waals surface area contributed by atoms with Gasteiger partial charge >= 0.3 is 0 Å². The molecule has 0 aliphatic rings. The summed E-state index contributed by atoms with van der Waals surface area (Å²) in [6.45, 7) is 2.64. The summed E-state index contributed by atoms with van der Waals surface area (Å²) in [6, 6.07) is 1.82. The van der Waals surface area contributed by atoms with Gasteiger partial charge in [0.25, 0.3) is 0 Å². The number of aryl methyl sites for hydroxylation is 2. The van der Waals surface area contributed by atoms with Crippen molar-refractivity contribution in [1.82, 2.24) is 20.0 Å². The van der Waals surface area contributed by atoms with Crippen LogP contribution in [-0.4, -0.2) is 20.0 Å². The maximum Gasteiger partial charge on any atom is 0.129 e. The SMILES string of the molecule is Cc1cc(Cl)ncc1NCc1cnnn1C. The lowest BCUT2D eigenvalue weighted by atomic mass is 10.2. The first-order chi connectivity index (χ1) is 7.66. The lowest BCUT2D eigenvalue weighted by Crippen LogP contribution is -2.06. The van der Waals surface area contributed by atoms with Crippen molar-refractivity contribution in [2.24, 2.45) is 7.05 Å². The molecule has 5 nitrogen and oxygen atoms in total. The third-order valence-corrected chi connectivity index (χ3v) is 2.55. The molecule has 0 saturated heterocycles. The highest BCUT2D eigenvalue weighted by Crippen LogP contribution is 2.17. The topological polar surface area (TPSA) is 55.6 Å². The number of rotatable bonds is 3. The van der Waals surface area contributed by atoms with Crippen molar-refractivity contribution in [3.8, 4) is 0 Å². The van der Waals surface area contributed by atoms with Gasteiger partial charge in [-0.3, -0.25) is 4.68 Å². The molecule has 0 bridgehead atoms. The second-order valence-corrected chi connectivity index (χ2v) is 3.91. The highest BCUT2D eigenvalue weighted by Gasteiger charge is 2.02. The molecule has 0 aliphatic heterocycles. The maximum absolute atomic E-state index is 5.78. The molecule has 1 N–H and O–H groups in total. The molecule has 2 rings (SSSR count). The first-order valence-corrected chi connectivity index (χ1v) is 5.24. The Balaban J connectivity index is 2.08. The molecule has 2 aromatic rings. The van der Waals surface area contributed by atoms with Gasteiger partial charge in [-0.15, -0.1) is 5.10 Å². The molecule has 2 aromatic heterocycles. The van der Waals surface area contributed by atoms with Crippen molar-refractivity contribution in [1.29, 1.82) is 0 Å². The molecule has 0 spiro atoms. The number of halogens is 1. The van der Waals surface area contributed by atoms with Crippen molar-refractivity contribution < 1.29 is 0 Å². The van der Waals surface area contributed by atoms with Crippen LogP contribution < -0.4 is 5.32 Å². The quantitative estimate of drug-likeness (QED) is 0.827. The van der Waals surface area contributed by atoms with Gasteiger partial charge in [0.2, 0.25) is 0 Å². The maximum atomic E-state index is 5.78. The molecule has 2 heterocycles. The molecule has 0 atom stereocenters. The number of hydrogen-bond acceptors (Lipinski definition) is 4. The lowest BCUT2D eigenvalue weighted by molar-refractivity contribution is 0.683. The average Bonchev–Trinajstić information content (AvgIpc) is 2.63. The number of hydrogen-bond donors (Lipinski definition) is 1. The van der Waals surface area contributed by atoms with E-state index in [4.69, 9.17) is 11.6 Å². The summed E-state index contributed by atoms with van der Waals surface area (Å²) in [5.74, 6) is 0. The zero-order valence-electron chi connectivity index (χ0n) is 9.11. The normalized spacial score (nSPS) is 10.4. The smallest absolute Gasteiger partial charge is 0.129 e. The van der Waals surface area contributed by atoms with E-state index in [0.29, 0.717) is 11.7 Å². The molecule has 0 aliphatic carbocycles. The van der Waals surface area contributed by atoms with Crippen molar-refractivity contribution in [2.75, 3.05) is 5.32 Å². The van der Waals surface area contributed by atoms with E-state index in [1.807, 2.05) is 20.0 Å². The molecule has 0 aromatic carbocycles. The average molecular weight is 238 g/mol. The van der Waals surface area contributed by atoms with Gasteiger partial charge in [-0.25, -0.2) is 4.98 Å². The molecule has 0 saturated carbocycles. The summed E-state index contributed by atoms with van der Waals surface area (Å²) >= 11 is 5.78. The second-order valence-electron chi connectivity index (χ2n) is 3.52. The van der Waals surface area contributed by atoms with Crippen molar-refractivity contribution in [2.45, 2.75) is 13.5 Å². The van der Waals surface area contributed by atoms with Crippen LogP contribution in [0.5, 0.6) is 0 Å². The van der Waals surface area contributed by atoms with Crippen LogP contribution in [0.25, 0.3) is 0 Å². The van der Waals surface area contributed by atoms with Gasteiger partial charge in [-0.1, -0.05) is 16.8 Å². The van der Waals surface area contributed by atoms with Crippen molar-refractivity contribution >= 4 is 17.3 Å². The molecule has 0 fully saturated rings. The third kappa shape index (κ3) is 2.30. The van der Waals surface area contributed by atoms with Gasteiger partial charge in [0, 0.05) is 7.05 Å². The predicted molar refractivity (Wildman–Crippen MR) is 62.3 cm³/mol. The van der Waals surface area contributed by atoms with Gasteiger partial charge in [0.15, 0.2) is 0 Å². The first kappa shape index (κ1) is 10.9. The highest BCUT2D eigenvalue weighted by atomic mass is 35.5. The van der Waals surface area contributed by atoms with E-state index < -0.39 is 0 Å². The number of nitrogens with one attached hydrogen (secondary N) is 1. The van der Waals surface area contributed by atoms with E-state index in [-0.39, 0.29) is 0 Å². The summed E-state index contributed by atoms with van der Waals surface area (Å²) in [7, 11) is 1.86. The zero-order chi connectivity index (χ0) is 11.5. The van der Waals surface area contributed by atoms with E-state index in [9.17, 15) is 0 Å². The standard InChI is InChI=1S/C10H12ClN5/c1-7-3-10(11)13-6-9(7)12-4-8-5-14-15-16(8)2/h3,5-6,12H,4H2,1-2H3. The minimum absolute atomic E-state index is 0.505. The Morgan fingerprint density at radius 2 is 2.25 bits per heavy atom. The summed E-state index contributed by atoms with van der Waals surface area (Å²) in [5, 5.41) is 11.4. The molecule has 0 unspecified atom stereocenters. The Hall–Kier alpha value is -1.62. The fraction of sp³-hybridized carbons (Fsp3) is 0.300. The van der Waals surface area contributed by atoms with E-state index in [1.54, 1.807) is 17.1 Å². The summed E-state index contributed by atoms with van der Waals surface area (Å²) in [6.07, 6.45) is 3.45. The third-order valence-electron chi connectivity index (χ3n) is 2.35. The summed E-state index contributed by atoms with van der Waals surface area (Å²) in [5.41, 5.74) is 3.04. The van der Waals surface area contributed by atoms with Crippen LogP contribution >= 0.6 is 11.6 Å². The van der Waals surface area contributed by atoms with Gasteiger partial charge in [0.05, 0.1) is 30.3 Å². The van der Waals surface area contributed by atoms with Crippen molar-refractivity contribution in [3.63, 3.8) is 0 Å². The van der Waals surface area contributed by atoms with E-state index in [0.717, 1.165) is 16.9 Å². The van der Waals surface area contributed by atoms with Gasteiger partial charge in [0.1, 0.15) is 5.15 Å². The van der Waals surface area contributed by atoms with Gasteiger partial charge in [-0.2, -0.15) is 0 Å². The predicted octanol–water partition coefficient (Wildman–Crippen LogP) is 1.78. The Kier molecular flexibility index (Phi) is 3.05. The van der Waals surface area contributed by atoms with Crippen LogP contribution in [0, 0.1) is 6.92 Å². The zero-order valence-corrected chi connectivity index (χ0v) is 9.86. The minimum atomic E-state index is 0.505. The molecule has 6 heteroatoms. The van der Waals surface area contributed by atoms with Crippen molar-refractivity contribution in [3.05, 3.63) is 34.9 Å². The Morgan fingerprint density at radius 3 is 2.88 bits per heavy atom. The second kappa shape index (κ2) is 4.49. The Labute approximate surface area is 98.5 Å². The minimum Gasteiger partial charge on any atom is -0.378 e. The molecule has 0 amide bonds. The van der Waals surface area contributed by atoms with Crippen LogP contribution in [0.3, 0.4) is 0 Å². The Morgan fingerprint density at radius 1 is 1.44 bits per heavy atom. The van der Waals surface area contributed by atoms with E-state index >= 15 is 0 Å². The molecule has 0 radical (unpaired) electrons.